The predicted octanol–water partition coefficient (Wildman–Crippen LogP) is 3.86. The second-order valence-electron chi connectivity index (χ2n) is 3.80. The van der Waals surface area contributed by atoms with E-state index in [1.165, 1.54) is 16.5 Å². The third-order valence-corrected chi connectivity index (χ3v) is 2.45. The van der Waals surface area contributed by atoms with E-state index in [2.05, 4.69) is 39.0 Å². The van der Waals surface area contributed by atoms with Crippen LogP contribution in [-0.4, -0.2) is 0 Å². The summed E-state index contributed by atoms with van der Waals surface area (Å²) in [7, 11) is 0. The Morgan fingerprint density at radius 1 is 1.23 bits per heavy atom. The van der Waals surface area contributed by atoms with Gasteiger partial charge in [-0.15, -0.1) is 0 Å². The van der Waals surface area contributed by atoms with Crippen molar-refractivity contribution in [3.05, 3.63) is 35.6 Å². The Hall–Kier alpha value is -1.24. The molecule has 0 aliphatic rings. The van der Waals surface area contributed by atoms with E-state index in [0.717, 1.165) is 5.58 Å². The summed E-state index contributed by atoms with van der Waals surface area (Å²) in [6, 6.07) is 6.29. The summed E-state index contributed by atoms with van der Waals surface area (Å²) < 4.78 is 5.54. The van der Waals surface area contributed by atoms with Gasteiger partial charge in [-0.25, -0.2) is 0 Å². The molecular weight excluding hydrogens is 160 g/mol. The fourth-order valence-electron chi connectivity index (χ4n) is 1.67. The average molecular weight is 174 g/mol. The Morgan fingerprint density at radius 2 is 2.00 bits per heavy atom. The molecule has 0 unspecified atom stereocenters. The summed E-state index contributed by atoms with van der Waals surface area (Å²) in [5.41, 5.74) is 3.55. The van der Waals surface area contributed by atoms with Crippen LogP contribution in [0.25, 0.3) is 11.0 Å². The number of aryl methyl sites for hydroxylation is 1. The van der Waals surface area contributed by atoms with Gasteiger partial charge < -0.3 is 4.42 Å². The zero-order valence-corrected chi connectivity index (χ0v) is 8.29. The van der Waals surface area contributed by atoms with E-state index < -0.39 is 0 Å². The molecule has 1 heteroatoms. The lowest BCUT2D eigenvalue weighted by Crippen LogP contribution is -1.83. The van der Waals surface area contributed by atoms with Gasteiger partial charge in [0.25, 0.3) is 0 Å². The van der Waals surface area contributed by atoms with Crippen LogP contribution in [0.5, 0.6) is 0 Å². The minimum atomic E-state index is 0.531. The standard InChI is InChI=1S/C12H14O/c1-8(2)11-7-13-12-9(3)5-4-6-10(11)12/h4-8H,1-3H3. The Morgan fingerprint density at radius 3 is 2.69 bits per heavy atom. The Bertz CT molecular complexity index is 424. The Balaban J connectivity index is 2.75. The van der Waals surface area contributed by atoms with Gasteiger partial charge in [0.15, 0.2) is 0 Å². The van der Waals surface area contributed by atoms with Crippen molar-refractivity contribution >= 4 is 11.0 Å². The number of rotatable bonds is 1. The summed E-state index contributed by atoms with van der Waals surface area (Å²) in [5.74, 6) is 0.531. The van der Waals surface area contributed by atoms with Gasteiger partial charge in [-0.1, -0.05) is 32.0 Å². The van der Waals surface area contributed by atoms with Crippen molar-refractivity contribution in [2.45, 2.75) is 26.7 Å². The van der Waals surface area contributed by atoms with E-state index in [4.69, 9.17) is 4.42 Å². The molecule has 1 aromatic heterocycles. The fourth-order valence-corrected chi connectivity index (χ4v) is 1.67. The van der Waals surface area contributed by atoms with Crippen LogP contribution in [0, 0.1) is 6.92 Å². The molecule has 1 aromatic carbocycles. The van der Waals surface area contributed by atoms with Gasteiger partial charge in [0.05, 0.1) is 6.26 Å². The predicted molar refractivity (Wildman–Crippen MR) is 55.0 cm³/mol. The van der Waals surface area contributed by atoms with Crippen molar-refractivity contribution in [2.24, 2.45) is 0 Å². The molecule has 0 amide bonds. The molecule has 2 aromatic rings. The molecule has 0 aliphatic carbocycles. The molecule has 0 aliphatic heterocycles. The van der Waals surface area contributed by atoms with Crippen LogP contribution in [0.1, 0.15) is 30.9 Å². The topological polar surface area (TPSA) is 13.1 Å². The molecule has 1 heterocycles. The maximum absolute atomic E-state index is 5.54. The molecule has 0 saturated carbocycles. The maximum Gasteiger partial charge on any atom is 0.137 e. The van der Waals surface area contributed by atoms with Crippen molar-refractivity contribution < 1.29 is 4.42 Å². The normalized spacial score (nSPS) is 11.4. The number of hydrogen-bond acceptors (Lipinski definition) is 1. The molecule has 13 heavy (non-hydrogen) atoms. The average Bonchev–Trinajstić information content (AvgIpc) is 2.48. The van der Waals surface area contributed by atoms with E-state index in [-0.39, 0.29) is 0 Å². The van der Waals surface area contributed by atoms with Gasteiger partial charge in [-0.05, 0) is 18.4 Å². The third-order valence-electron chi connectivity index (χ3n) is 2.45. The first-order valence-electron chi connectivity index (χ1n) is 4.67. The van der Waals surface area contributed by atoms with E-state index in [1.54, 1.807) is 0 Å². The van der Waals surface area contributed by atoms with E-state index in [0.29, 0.717) is 5.92 Å². The SMILES string of the molecule is Cc1cccc2c(C(C)C)coc12. The van der Waals surface area contributed by atoms with Crippen molar-refractivity contribution in [3.63, 3.8) is 0 Å². The van der Waals surface area contributed by atoms with Crippen LogP contribution in [0.3, 0.4) is 0 Å². The first-order valence-corrected chi connectivity index (χ1v) is 4.67. The van der Waals surface area contributed by atoms with Crippen molar-refractivity contribution in [2.75, 3.05) is 0 Å². The van der Waals surface area contributed by atoms with E-state index in [9.17, 15) is 0 Å². The summed E-state index contributed by atoms with van der Waals surface area (Å²) >= 11 is 0. The van der Waals surface area contributed by atoms with Crippen molar-refractivity contribution in [3.8, 4) is 0 Å². The molecule has 0 N–H and O–H groups in total. The van der Waals surface area contributed by atoms with Gasteiger partial charge in [0.1, 0.15) is 5.58 Å². The van der Waals surface area contributed by atoms with Crippen LogP contribution in [0.2, 0.25) is 0 Å². The number of para-hydroxylation sites is 1. The summed E-state index contributed by atoms with van der Waals surface area (Å²) in [6.45, 7) is 6.45. The fraction of sp³-hybridized carbons (Fsp3) is 0.333. The van der Waals surface area contributed by atoms with Gasteiger partial charge >= 0.3 is 0 Å². The largest absolute Gasteiger partial charge is 0.464 e. The van der Waals surface area contributed by atoms with Crippen LogP contribution < -0.4 is 0 Å². The highest BCUT2D eigenvalue weighted by atomic mass is 16.3. The second-order valence-corrected chi connectivity index (χ2v) is 3.80. The summed E-state index contributed by atoms with van der Waals surface area (Å²) in [4.78, 5) is 0. The van der Waals surface area contributed by atoms with Crippen molar-refractivity contribution in [1.29, 1.82) is 0 Å². The number of benzene rings is 1. The summed E-state index contributed by atoms with van der Waals surface area (Å²) in [6.07, 6.45) is 1.88. The van der Waals surface area contributed by atoms with Crippen LogP contribution in [0.15, 0.2) is 28.9 Å². The quantitative estimate of drug-likeness (QED) is 0.639. The smallest absolute Gasteiger partial charge is 0.137 e. The minimum Gasteiger partial charge on any atom is -0.464 e. The lowest BCUT2D eigenvalue weighted by Gasteiger charge is -2.00. The number of hydrogen-bond donors (Lipinski definition) is 0. The zero-order valence-electron chi connectivity index (χ0n) is 8.29. The maximum atomic E-state index is 5.54. The molecule has 68 valence electrons. The monoisotopic (exact) mass is 174 g/mol. The summed E-state index contributed by atoms with van der Waals surface area (Å²) in [5, 5.41) is 1.26. The highest BCUT2D eigenvalue weighted by molar-refractivity contribution is 5.84. The molecule has 1 nitrogen and oxygen atoms in total. The Kier molecular flexibility index (Phi) is 1.87. The van der Waals surface area contributed by atoms with Gasteiger partial charge in [0, 0.05) is 10.9 Å². The van der Waals surface area contributed by atoms with Gasteiger partial charge in [-0.2, -0.15) is 0 Å². The van der Waals surface area contributed by atoms with Crippen LogP contribution in [0.4, 0.5) is 0 Å². The first-order chi connectivity index (χ1) is 6.20. The van der Waals surface area contributed by atoms with E-state index in [1.807, 2.05) is 6.26 Å². The zero-order chi connectivity index (χ0) is 9.42. The second kappa shape index (κ2) is 2.91. The van der Waals surface area contributed by atoms with Crippen LogP contribution >= 0.6 is 0 Å². The van der Waals surface area contributed by atoms with Gasteiger partial charge in [0.2, 0.25) is 0 Å². The molecule has 0 radical (unpaired) electrons. The molecule has 0 atom stereocenters. The molecule has 0 saturated heterocycles. The lowest BCUT2D eigenvalue weighted by molar-refractivity contribution is 0.604. The van der Waals surface area contributed by atoms with E-state index >= 15 is 0 Å². The molecule has 0 bridgehead atoms. The minimum absolute atomic E-state index is 0.531. The highest BCUT2D eigenvalue weighted by Gasteiger charge is 2.09. The van der Waals surface area contributed by atoms with Gasteiger partial charge in [-0.3, -0.25) is 0 Å². The van der Waals surface area contributed by atoms with Crippen LogP contribution in [-0.2, 0) is 0 Å². The number of fused-ring (bicyclic) bond motifs is 1. The third kappa shape index (κ3) is 1.24. The first kappa shape index (κ1) is 8.36. The molecule has 0 spiro atoms. The Labute approximate surface area is 78.4 Å². The molecule has 2 rings (SSSR count). The molecule has 0 fully saturated rings. The molecular formula is C12H14O. The number of furan rings is 1. The van der Waals surface area contributed by atoms with Crippen molar-refractivity contribution in [1.82, 2.24) is 0 Å². The highest BCUT2D eigenvalue weighted by Crippen LogP contribution is 2.28. The lowest BCUT2D eigenvalue weighted by atomic mass is 10.0.